The van der Waals surface area contributed by atoms with Crippen molar-refractivity contribution in [3.05, 3.63) is 22.4 Å². The average Bonchev–Trinajstić information content (AvgIpc) is 2.47. The second-order valence-electron chi connectivity index (χ2n) is 3.64. The van der Waals surface area contributed by atoms with Crippen LogP contribution in [0.5, 0.6) is 0 Å². The summed E-state index contributed by atoms with van der Waals surface area (Å²) in [6, 6.07) is 0. The van der Waals surface area contributed by atoms with Gasteiger partial charge in [0.1, 0.15) is 16.9 Å². The van der Waals surface area contributed by atoms with Crippen LogP contribution < -0.4 is 11.3 Å². The molecule has 0 aliphatic heterocycles. The quantitative estimate of drug-likeness (QED) is 0.735. The molecule has 2 aromatic rings. The van der Waals surface area contributed by atoms with Gasteiger partial charge < -0.3 is 10.3 Å². The van der Waals surface area contributed by atoms with Crippen LogP contribution in [0, 0.1) is 0 Å². The highest BCUT2D eigenvalue weighted by Crippen LogP contribution is 2.17. The van der Waals surface area contributed by atoms with E-state index < -0.39 is 0 Å². The van der Waals surface area contributed by atoms with Crippen LogP contribution in [0.3, 0.4) is 0 Å². The van der Waals surface area contributed by atoms with Crippen LogP contribution in [0.15, 0.2) is 11.0 Å². The van der Waals surface area contributed by atoms with Gasteiger partial charge in [-0.2, -0.15) is 0 Å². The Morgan fingerprint density at radius 1 is 1.47 bits per heavy atom. The Morgan fingerprint density at radius 2 is 2.13 bits per heavy atom. The van der Waals surface area contributed by atoms with Crippen LogP contribution in [-0.4, -0.2) is 14.1 Å². The largest absolute Gasteiger partial charge is 0.396 e. The van der Waals surface area contributed by atoms with E-state index in [1.807, 2.05) is 6.92 Å². The lowest BCUT2D eigenvalue weighted by Crippen LogP contribution is -2.23. The first kappa shape index (κ1) is 9.76. The van der Waals surface area contributed by atoms with E-state index in [0.717, 1.165) is 12.2 Å². The molecule has 0 bridgehead atoms. The molecule has 0 saturated heterocycles. The highest BCUT2D eigenvalue weighted by Gasteiger charge is 2.12. The van der Waals surface area contributed by atoms with Gasteiger partial charge in [-0.1, -0.05) is 6.92 Å². The Balaban J connectivity index is 3.00. The molecule has 5 heteroatoms. The molecule has 15 heavy (non-hydrogen) atoms. The Bertz CT molecular complexity index is 579. The number of aryl methyl sites for hydroxylation is 2. The molecule has 0 radical (unpaired) electrons. The van der Waals surface area contributed by atoms with Gasteiger partial charge >= 0.3 is 0 Å². The Kier molecular flexibility index (Phi) is 2.03. The third-order valence-corrected chi connectivity index (χ3v) is 2.63. The molecule has 0 aliphatic carbocycles. The van der Waals surface area contributed by atoms with Crippen molar-refractivity contribution < 1.29 is 0 Å². The van der Waals surface area contributed by atoms with Gasteiger partial charge in [-0.3, -0.25) is 9.36 Å². The summed E-state index contributed by atoms with van der Waals surface area (Å²) in [5.41, 5.74) is 7.47. The van der Waals surface area contributed by atoms with E-state index in [1.165, 1.54) is 0 Å². The van der Waals surface area contributed by atoms with Crippen LogP contribution in [0.1, 0.15) is 12.7 Å². The van der Waals surface area contributed by atoms with Crippen molar-refractivity contribution in [3.8, 4) is 0 Å². The maximum absolute atomic E-state index is 12.0. The Morgan fingerprint density at radius 3 is 2.73 bits per heavy atom. The fraction of sp³-hybridized carbons (Fsp3) is 0.400. The zero-order valence-corrected chi connectivity index (χ0v) is 9.11. The number of nitrogens with two attached hydrogens (primary N) is 1. The molecule has 0 fully saturated rings. The summed E-state index contributed by atoms with van der Waals surface area (Å²) >= 11 is 0. The van der Waals surface area contributed by atoms with Crippen molar-refractivity contribution in [2.45, 2.75) is 13.3 Å². The van der Waals surface area contributed by atoms with Crippen LogP contribution in [0.25, 0.3) is 11.0 Å². The average molecular weight is 206 g/mol. The minimum Gasteiger partial charge on any atom is -0.396 e. The Labute approximate surface area is 87.1 Å². The number of nitrogen functional groups attached to an aromatic ring is 1. The van der Waals surface area contributed by atoms with Crippen LogP contribution in [0.2, 0.25) is 0 Å². The standard InChI is InChI=1S/C10H14N4O/c1-4-7-12-8-6(11)5-13(2)9(8)10(15)14(7)3/h5H,4,11H2,1-3H3. The zero-order valence-electron chi connectivity index (χ0n) is 9.11. The van der Waals surface area contributed by atoms with Crippen molar-refractivity contribution in [1.82, 2.24) is 14.1 Å². The molecule has 0 spiro atoms. The van der Waals surface area contributed by atoms with E-state index in [2.05, 4.69) is 4.98 Å². The van der Waals surface area contributed by atoms with E-state index in [4.69, 9.17) is 5.73 Å². The summed E-state index contributed by atoms with van der Waals surface area (Å²) in [6.07, 6.45) is 2.44. The third-order valence-electron chi connectivity index (χ3n) is 2.63. The monoisotopic (exact) mass is 206 g/mol. The minimum atomic E-state index is -0.0453. The fourth-order valence-corrected chi connectivity index (χ4v) is 1.80. The number of hydrogen-bond donors (Lipinski definition) is 1. The number of hydrogen-bond acceptors (Lipinski definition) is 3. The first-order chi connectivity index (χ1) is 7.06. The van der Waals surface area contributed by atoms with Gasteiger partial charge in [0.15, 0.2) is 0 Å². The molecule has 2 heterocycles. The molecule has 0 saturated carbocycles. The molecule has 80 valence electrons. The number of anilines is 1. The number of rotatable bonds is 1. The van der Waals surface area contributed by atoms with Crippen molar-refractivity contribution in [1.29, 1.82) is 0 Å². The molecule has 0 atom stereocenters. The first-order valence-electron chi connectivity index (χ1n) is 4.86. The topological polar surface area (TPSA) is 65.8 Å². The summed E-state index contributed by atoms with van der Waals surface area (Å²) in [4.78, 5) is 16.4. The van der Waals surface area contributed by atoms with Crippen LogP contribution in [0.4, 0.5) is 5.69 Å². The zero-order chi connectivity index (χ0) is 11.2. The fourth-order valence-electron chi connectivity index (χ4n) is 1.80. The molecule has 0 unspecified atom stereocenters. The SMILES string of the molecule is CCc1nc2c(N)cn(C)c2c(=O)n1C. The van der Waals surface area contributed by atoms with Crippen molar-refractivity contribution in [2.24, 2.45) is 14.1 Å². The second-order valence-corrected chi connectivity index (χ2v) is 3.64. The van der Waals surface area contributed by atoms with E-state index in [1.54, 1.807) is 29.4 Å². The highest BCUT2D eigenvalue weighted by molar-refractivity contribution is 5.87. The second kappa shape index (κ2) is 3.12. The molecular weight excluding hydrogens is 192 g/mol. The van der Waals surface area contributed by atoms with Gasteiger partial charge in [0.2, 0.25) is 0 Å². The number of fused-ring (bicyclic) bond motifs is 1. The highest BCUT2D eigenvalue weighted by atomic mass is 16.1. The van der Waals surface area contributed by atoms with Crippen molar-refractivity contribution in [3.63, 3.8) is 0 Å². The Hall–Kier alpha value is -1.78. The van der Waals surface area contributed by atoms with Gasteiger partial charge in [-0.25, -0.2) is 4.98 Å². The molecule has 0 amide bonds. The molecule has 2 rings (SSSR count). The lowest BCUT2D eigenvalue weighted by atomic mass is 10.3. The first-order valence-corrected chi connectivity index (χ1v) is 4.86. The molecule has 2 aromatic heterocycles. The molecule has 0 aliphatic rings. The molecule has 5 nitrogen and oxygen atoms in total. The molecule has 2 N–H and O–H groups in total. The van der Waals surface area contributed by atoms with Crippen LogP contribution in [-0.2, 0) is 20.5 Å². The maximum atomic E-state index is 12.0. The summed E-state index contributed by atoms with van der Waals surface area (Å²) < 4.78 is 3.29. The minimum absolute atomic E-state index is 0.0453. The summed E-state index contributed by atoms with van der Waals surface area (Å²) in [5, 5.41) is 0. The third kappa shape index (κ3) is 1.23. The van der Waals surface area contributed by atoms with E-state index in [-0.39, 0.29) is 5.56 Å². The van der Waals surface area contributed by atoms with E-state index >= 15 is 0 Å². The predicted molar refractivity (Wildman–Crippen MR) is 59.7 cm³/mol. The van der Waals surface area contributed by atoms with Gasteiger partial charge in [-0.05, 0) is 0 Å². The van der Waals surface area contributed by atoms with Gasteiger partial charge in [0.05, 0.1) is 5.69 Å². The number of aromatic nitrogens is 3. The molecular formula is C10H14N4O. The predicted octanol–water partition coefficient (Wildman–Crippen LogP) is 0.417. The lowest BCUT2D eigenvalue weighted by molar-refractivity contribution is 0.745. The maximum Gasteiger partial charge on any atom is 0.277 e. The summed E-state index contributed by atoms with van der Waals surface area (Å²) in [5.74, 6) is 0.755. The van der Waals surface area contributed by atoms with Crippen molar-refractivity contribution in [2.75, 3.05) is 5.73 Å². The normalized spacial score (nSPS) is 11.1. The van der Waals surface area contributed by atoms with Crippen molar-refractivity contribution >= 4 is 16.7 Å². The van der Waals surface area contributed by atoms with Crippen LogP contribution >= 0.6 is 0 Å². The smallest absolute Gasteiger partial charge is 0.277 e. The van der Waals surface area contributed by atoms with Gasteiger partial charge in [0, 0.05) is 26.7 Å². The van der Waals surface area contributed by atoms with Gasteiger partial charge in [-0.15, -0.1) is 0 Å². The van der Waals surface area contributed by atoms with E-state index in [0.29, 0.717) is 16.7 Å². The van der Waals surface area contributed by atoms with Gasteiger partial charge in [0.25, 0.3) is 5.56 Å². The lowest BCUT2D eigenvalue weighted by Gasteiger charge is -2.05. The molecule has 0 aromatic carbocycles. The summed E-state index contributed by atoms with van der Waals surface area (Å²) in [6.45, 7) is 1.97. The summed E-state index contributed by atoms with van der Waals surface area (Å²) in [7, 11) is 3.53. The number of nitrogens with zero attached hydrogens (tertiary/aromatic N) is 3. The van der Waals surface area contributed by atoms with E-state index in [9.17, 15) is 4.79 Å².